The van der Waals surface area contributed by atoms with Gasteiger partial charge in [0.25, 0.3) is 5.24 Å². The molecule has 1 aliphatic heterocycles. The number of hydrogen-bond acceptors (Lipinski definition) is 4. The number of amides is 3. The Labute approximate surface area is 185 Å². The Kier molecular flexibility index (Phi) is 6.18. The van der Waals surface area contributed by atoms with Gasteiger partial charge in [-0.1, -0.05) is 90.6 Å². The predicted octanol–water partition coefficient (Wildman–Crippen LogP) is 4.13. The summed E-state index contributed by atoms with van der Waals surface area (Å²) in [6.45, 7) is 0. The van der Waals surface area contributed by atoms with Gasteiger partial charge in [-0.2, -0.15) is 0 Å². The van der Waals surface area contributed by atoms with Crippen LogP contribution in [0.15, 0.2) is 78.9 Å². The average molecular weight is 431 g/mol. The van der Waals surface area contributed by atoms with Crippen LogP contribution >= 0.6 is 11.8 Å². The number of imide groups is 1. The summed E-state index contributed by atoms with van der Waals surface area (Å²) in [4.78, 5) is 35.8. The van der Waals surface area contributed by atoms with Crippen LogP contribution in [0.5, 0.6) is 0 Å². The highest BCUT2D eigenvalue weighted by atomic mass is 32.2. The zero-order chi connectivity index (χ0) is 21.8. The molecule has 0 aliphatic carbocycles. The summed E-state index contributed by atoms with van der Waals surface area (Å²) in [7, 11) is 1.65. The summed E-state index contributed by atoms with van der Waals surface area (Å²) >= 11 is 1.04. The second-order valence-corrected chi connectivity index (χ2v) is 8.54. The van der Waals surface area contributed by atoms with Gasteiger partial charge in [-0.3, -0.25) is 19.7 Å². The molecule has 2 N–H and O–H groups in total. The lowest BCUT2D eigenvalue weighted by Gasteiger charge is -2.17. The molecule has 156 valence electrons. The molecule has 2 unspecified atom stereocenters. The van der Waals surface area contributed by atoms with Crippen LogP contribution in [0.4, 0.5) is 4.79 Å². The van der Waals surface area contributed by atoms with Gasteiger partial charge in [-0.05, 0) is 34.2 Å². The van der Waals surface area contributed by atoms with Crippen molar-refractivity contribution in [2.45, 2.75) is 17.6 Å². The van der Waals surface area contributed by atoms with Gasteiger partial charge < -0.3 is 5.32 Å². The Morgan fingerprint density at radius 1 is 0.935 bits per heavy atom. The Bertz CT molecular complexity index is 1110. The van der Waals surface area contributed by atoms with E-state index < -0.39 is 0 Å². The van der Waals surface area contributed by atoms with Crippen molar-refractivity contribution in [3.05, 3.63) is 95.6 Å². The zero-order valence-corrected chi connectivity index (χ0v) is 17.8. The van der Waals surface area contributed by atoms with Crippen LogP contribution in [0.25, 0.3) is 11.1 Å². The number of thioether (sulfide) groups is 1. The number of hydrogen-bond donors (Lipinski definition) is 2. The molecule has 0 aromatic heterocycles. The van der Waals surface area contributed by atoms with Crippen LogP contribution in [0, 0.1) is 0 Å². The SMILES string of the molecule is CNC(=O)C(c1ccccc1)c1cccc(-c2ccc(CC3SC(=O)NC3=O)cc2)c1. The molecule has 6 heteroatoms. The van der Waals surface area contributed by atoms with Crippen molar-refractivity contribution < 1.29 is 14.4 Å². The van der Waals surface area contributed by atoms with E-state index >= 15 is 0 Å². The lowest BCUT2D eigenvalue weighted by atomic mass is 9.88. The lowest BCUT2D eigenvalue weighted by molar-refractivity contribution is -0.121. The van der Waals surface area contributed by atoms with Crippen molar-refractivity contribution in [1.82, 2.24) is 10.6 Å². The minimum Gasteiger partial charge on any atom is -0.358 e. The molecule has 0 radical (unpaired) electrons. The van der Waals surface area contributed by atoms with E-state index in [9.17, 15) is 14.4 Å². The molecule has 5 nitrogen and oxygen atoms in total. The van der Waals surface area contributed by atoms with E-state index in [1.807, 2.05) is 78.9 Å². The third kappa shape index (κ3) is 4.70. The van der Waals surface area contributed by atoms with E-state index in [0.717, 1.165) is 39.6 Å². The molecule has 4 rings (SSSR count). The average Bonchev–Trinajstić information content (AvgIpc) is 3.11. The highest BCUT2D eigenvalue weighted by molar-refractivity contribution is 8.15. The number of likely N-dealkylation sites (N-methyl/N-ethyl adjacent to an activating group) is 1. The van der Waals surface area contributed by atoms with E-state index in [1.54, 1.807) is 7.05 Å². The molecular formula is C25H22N2O3S. The normalized spacial score (nSPS) is 16.6. The predicted molar refractivity (Wildman–Crippen MR) is 123 cm³/mol. The van der Waals surface area contributed by atoms with Crippen molar-refractivity contribution in [3.63, 3.8) is 0 Å². The molecular weight excluding hydrogens is 408 g/mol. The van der Waals surface area contributed by atoms with E-state index in [0.29, 0.717) is 6.42 Å². The Morgan fingerprint density at radius 3 is 2.29 bits per heavy atom. The van der Waals surface area contributed by atoms with E-state index in [-0.39, 0.29) is 28.2 Å². The molecule has 0 spiro atoms. The first-order valence-corrected chi connectivity index (χ1v) is 10.9. The van der Waals surface area contributed by atoms with E-state index in [2.05, 4.69) is 10.6 Å². The number of benzene rings is 3. The molecule has 1 heterocycles. The van der Waals surface area contributed by atoms with Gasteiger partial charge in [0, 0.05) is 7.05 Å². The maximum absolute atomic E-state index is 12.7. The van der Waals surface area contributed by atoms with Gasteiger partial charge >= 0.3 is 0 Å². The van der Waals surface area contributed by atoms with Crippen LogP contribution in [0.2, 0.25) is 0 Å². The summed E-state index contributed by atoms with van der Waals surface area (Å²) < 4.78 is 0. The van der Waals surface area contributed by atoms with Gasteiger partial charge in [0.05, 0.1) is 11.2 Å². The fraction of sp³-hybridized carbons (Fsp3) is 0.160. The first-order chi connectivity index (χ1) is 15.0. The summed E-state index contributed by atoms with van der Waals surface area (Å²) in [5.74, 6) is -0.672. The smallest absolute Gasteiger partial charge is 0.286 e. The standard InChI is InChI=1S/C25H22N2O3S/c1-26-24(29)22(18-6-3-2-4-7-18)20-9-5-8-19(15-20)17-12-10-16(11-13-17)14-21-23(28)27-25(30)31-21/h2-13,15,21-22H,14H2,1H3,(H,26,29)(H,27,28,30). The topological polar surface area (TPSA) is 75.3 Å². The molecule has 1 fully saturated rings. The van der Waals surface area contributed by atoms with Crippen molar-refractivity contribution >= 4 is 28.8 Å². The summed E-state index contributed by atoms with van der Waals surface area (Å²) in [5, 5.41) is 4.43. The van der Waals surface area contributed by atoms with Crippen LogP contribution < -0.4 is 10.6 Å². The number of carbonyl (C=O) groups excluding carboxylic acids is 3. The second-order valence-electron chi connectivity index (χ2n) is 7.37. The monoisotopic (exact) mass is 430 g/mol. The molecule has 2 atom stereocenters. The number of nitrogens with one attached hydrogen (secondary N) is 2. The molecule has 1 aliphatic rings. The second kappa shape index (κ2) is 9.18. The van der Waals surface area contributed by atoms with Crippen molar-refractivity contribution in [1.29, 1.82) is 0 Å². The van der Waals surface area contributed by atoms with Crippen LogP contribution in [-0.2, 0) is 16.0 Å². The van der Waals surface area contributed by atoms with E-state index in [4.69, 9.17) is 0 Å². The number of carbonyl (C=O) groups is 3. The Hall–Kier alpha value is -3.38. The minimum atomic E-state index is -0.388. The summed E-state index contributed by atoms with van der Waals surface area (Å²) in [6.07, 6.45) is 0.509. The van der Waals surface area contributed by atoms with Crippen molar-refractivity contribution in [2.75, 3.05) is 7.05 Å². The first-order valence-electron chi connectivity index (χ1n) is 10.0. The van der Waals surface area contributed by atoms with Gasteiger partial charge in [0.2, 0.25) is 11.8 Å². The third-order valence-electron chi connectivity index (χ3n) is 5.34. The van der Waals surface area contributed by atoms with Crippen LogP contribution in [-0.4, -0.2) is 29.4 Å². The summed E-state index contributed by atoms with van der Waals surface area (Å²) in [5.41, 5.74) is 4.89. The van der Waals surface area contributed by atoms with Gasteiger partial charge in [-0.15, -0.1) is 0 Å². The fourth-order valence-corrected chi connectivity index (χ4v) is 4.62. The molecule has 31 heavy (non-hydrogen) atoms. The zero-order valence-electron chi connectivity index (χ0n) is 17.0. The summed E-state index contributed by atoms with van der Waals surface area (Å²) in [6, 6.07) is 25.7. The Morgan fingerprint density at radius 2 is 1.65 bits per heavy atom. The minimum absolute atomic E-state index is 0.0550. The third-order valence-corrected chi connectivity index (χ3v) is 6.32. The molecule has 3 aromatic carbocycles. The molecule has 1 saturated heterocycles. The van der Waals surface area contributed by atoms with Crippen LogP contribution in [0.1, 0.15) is 22.6 Å². The lowest BCUT2D eigenvalue weighted by Crippen LogP contribution is -2.26. The quantitative estimate of drug-likeness (QED) is 0.617. The van der Waals surface area contributed by atoms with Crippen LogP contribution in [0.3, 0.4) is 0 Å². The molecule has 0 saturated carbocycles. The maximum Gasteiger partial charge on any atom is 0.286 e. The highest BCUT2D eigenvalue weighted by Gasteiger charge is 2.31. The van der Waals surface area contributed by atoms with Gasteiger partial charge in [-0.25, -0.2) is 0 Å². The number of rotatable bonds is 6. The fourth-order valence-electron chi connectivity index (χ4n) is 3.76. The Balaban J connectivity index is 1.58. The van der Waals surface area contributed by atoms with Crippen molar-refractivity contribution in [2.24, 2.45) is 0 Å². The van der Waals surface area contributed by atoms with Crippen molar-refractivity contribution in [3.8, 4) is 11.1 Å². The molecule has 3 aromatic rings. The first kappa shape index (κ1) is 20.9. The van der Waals surface area contributed by atoms with Gasteiger partial charge in [0.15, 0.2) is 0 Å². The largest absolute Gasteiger partial charge is 0.358 e. The maximum atomic E-state index is 12.7. The van der Waals surface area contributed by atoms with Gasteiger partial charge in [0.1, 0.15) is 0 Å². The molecule has 3 amide bonds. The highest BCUT2D eigenvalue weighted by Crippen LogP contribution is 2.30. The molecule has 0 bridgehead atoms. The van der Waals surface area contributed by atoms with E-state index in [1.165, 1.54) is 0 Å².